The molecule has 0 amide bonds. The van der Waals surface area contributed by atoms with Crippen LogP contribution in [-0.2, 0) is 4.74 Å². The summed E-state index contributed by atoms with van der Waals surface area (Å²) < 4.78 is 10.3. The minimum absolute atomic E-state index is 0.0336. The third kappa shape index (κ3) is 2.54. The van der Waals surface area contributed by atoms with Crippen LogP contribution in [-0.4, -0.2) is 24.0 Å². The van der Waals surface area contributed by atoms with Gasteiger partial charge in [0.15, 0.2) is 10.9 Å². The Morgan fingerprint density at radius 3 is 3.12 bits per heavy atom. The number of ketones is 1. The molecule has 5 nitrogen and oxygen atoms in total. The number of nitrogens with zero attached hydrogens (tertiary/aromatic N) is 1. The van der Waals surface area contributed by atoms with Crippen molar-refractivity contribution in [3.8, 4) is 11.5 Å². The van der Waals surface area contributed by atoms with E-state index in [9.17, 15) is 4.79 Å². The number of anilines is 1. The molecule has 0 bridgehead atoms. The van der Waals surface area contributed by atoms with Crippen molar-refractivity contribution in [1.29, 1.82) is 0 Å². The molecular formula is C11H12N2O3S. The summed E-state index contributed by atoms with van der Waals surface area (Å²) in [7, 11) is 0. The van der Waals surface area contributed by atoms with Gasteiger partial charge in [-0.05, 0) is 19.1 Å². The molecule has 0 saturated carbocycles. The van der Waals surface area contributed by atoms with Crippen molar-refractivity contribution in [2.75, 3.05) is 18.9 Å². The third-order valence-electron chi connectivity index (χ3n) is 2.09. The van der Waals surface area contributed by atoms with E-state index in [2.05, 4.69) is 4.98 Å². The lowest BCUT2D eigenvalue weighted by atomic mass is 10.2. The molecule has 0 aromatic carbocycles. The Hall–Kier alpha value is -1.66. The highest BCUT2D eigenvalue weighted by atomic mass is 32.1. The Morgan fingerprint density at radius 1 is 1.65 bits per heavy atom. The zero-order chi connectivity index (χ0) is 12.3. The molecule has 2 heterocycles. The van der Waals surface area contributed by atoms with Gasteiger partial charge in [-0.3, -0.25) is 4.79 Å². The highest BCUT2D eigenvalue weighted by Gasteiger charge is 2.20. The van der Waals surface area contributed by atoms with Crippen LogP contribution in [0.5, 0.6) is 0 Å². The van der Waals surface area contributed by atoms with Gasteiger partial charge in [-0.2, -0.15) is 0 Å². The summed E-state index contributed by atoms with van der Waals surface area (Å²) in [6, 6.07) is 3.48. The number of nitrogens with two attached hydrogens (primary N) is 1. The summed E-state index contributed by atoms with van der Waals surface area (Å²) in [6.07, 6.45) is 1.53. The minimum atomic E-state index is -0.132. The van der Waals surface area contributed by atoms with Crippen LogP contribution in [0.15, 0.2) is 22.8 Å². The van der Waals surface area contributed by atoms with Crippen molar-refractivity contribution < 1.29 is 13.9 Å². The summed E-state index contributed by atoms with van der Waals surface area (Å²) in [6.45, 7) is 2.36. The van der Waals surface area contributed by atoms with Crippen LogP contribution in [0.4, 0.5) is 5.13 Å². The van der Waals surface area contributed by atoms with Gasteiger partial charge in [0.1, 0.15) is 17.2 Å². The number of nitrogen functional groups attached to an aromatic ring is 1. The van der Waals surface area contributed by atoms with Crippen molar-refractivity contribution in [3.63, 3.8) is 0 Å². The van der Waals surface area contributed by atoms with E-state index in [0.717, 1.165) is 11.3 Å². The topological polar surface area (TPSA) is 78.4 Å². The Balaban J connectivity index is 2.31. The first-order chi connectivity index (χ1) is 8.22. The molecule has 0 spiro atoms. The second-order valence-electron chi connectivity index (χ2n) is 3.27. The Kier molecular flexibility index (Phi) is 3.55. The Labute approximate surface area is 102 Å². The molecule has 2 aromatic heterocycles. The van der Waals surface area contributed by atoms with E-state index in [1.165, 1.54) is 6.26 Å². The standard InChI is InChI=1S/C11H12N2O3S/c1-2-15-6-7(14)10-9(13-11(12)17-10)8-4-3-5-16-8/h3-5H,2,6H2,1H3,(H2,12,13). The van der Waals surface area contributed by atoms with Crippen LogP contribution in [0.1, 0.15) is 16.6 Å². The number of carbonyl (C=O) groups excluding carboxylic acids is 1. The fourth-order valence-electron chi connectivity index (χ4n) is 1.37. The van der Waals surface area contributed by atoms with Crippen LogP contribution in [0.25, 0.3) is 11.5 Å². The number of Topliss-reactive ketones (excluding diaryl/α,β-unsaturated/α-hetero) is 1. The average molecular weight is 252 g/mol. The monoisotopic (exact) mass is 252 g/mol. The highest BCUT2D eigenvalue weighted by molar-refractivity contribution is 7.17. The first-order valence-corrected chi connectivity index (χ1v) is 5.95. The molecule has 0 aliphatic carbocycles. The fraction of sp³-hybridized carbons (Fsp3) is 0.273. The van der Waals surface area contributed by atoms with Gasteiger partial charge in [0.05, 0.1) is 6.26 Å². The highest BCUT2D eigenvalue weighted by Crippen LogP contribution is 2.30. The maximum absolute atomic E-state index is 11.9. The third-order valence-corrected chi connectivity index (χ3v) is 3.01. The molecule has 0 radical (unpaired) electrons. The largest absolute Gasteiger partial charge is 0.463 e. The van der Waals surface area contributed by atoms with Crippen LogP contribution < -0.4 is 5.73 Å². The number of rotatable bonds is 5. The zero-order valence-corrected chi connectivity index (χ0v) is 10.1. The number of hydrogen-bond donors (Lipinski definition) is 1. The first kappa shape index (κ1) is 11.8. The predicted octanol–water partition coefficient (Wildman–Crippen LogP) is 2.20. The van der Waals surface area contributed by atoms with E-state index in [1.807, 2.05) is 6.92 Å². The normalized spacial score (nSPS) is 10.6. The number of hydrogen-bond acceptors (Lipinski definition) is 6. The smallest absolute Gasteiger partial charge is 0.200 e. The van der Waals surface area contributed by atoms with Crippen molar-refractivity contribution in [2.24, 2.45) is 0 Å². The van der Waals surface area contributed by atoms with E-state index < -0.39 is 0 Å². The fourth-order valence-corrected chi connectivity index (χ4v) is 2.13. The van der Waals surface area contributed by atoms with Gasteiger partial charge in [-0.25, -0.2) is 4.98 Å². The summed E-state index contributed by atoms with van der Waals surface area (Å²) in [5, 5.41) is 0.344. The van der Waals surface area contributed by atoms with Gasteiger partial charge in [-0.15, -0.1) is 0 Å². The van der Waals surface area contributed by atoms with E-state index in [1.54, 1.807) is 12.1 Å². The maximum Gasteiger partial charge on any atom is 0.200 e. The molecule has 90 valence electrons. The maximum atomic E-state index is 11.9. The number of thiazole rings is 1. The molecular weight excluding hydrogens is 240 g/mol. The number of furan rings is 1. The molecule has 0 saturated heterocycles. The quantitative estimate of drug-likeness (QED) is 0.825. The molecule has 2 aromatic rings. The molecule has 0 aliphatic rings. The molecule has 2 rings (SSSR count). The van der Waals surface area contributed by atoms with Gasteiger partial charge in [0, 0.05) is 6.61 Å². The van der Waals surface area contributed by atoms with Gasteiger partial charge in [-0.1, -0.05) is 11.3 Å². The van der Waals surface area contributed by atoms with E-state index in [0.29, 0.717) is 28.1 Å². The van der Waals surface area contributed by atoms with Crippen LogP contribution in [0.3, 0.4) is 0 Å². The minimum Gasteiger partial charge on any atom is -0.463 e. The number of carbonyl (C=O) groups is 1. The second kappa shape index (κ2) is 5.11. The zero-order valence-electron chi connectivity index (χ0n) is 9.30. The summed E-state index contributed by atoms with van der Waals surface area (Å²) in [5.74, 6) is 0.408. The van der Waals surface area contributed by atoms with Gasteiger partial charge >= 0.3 is 0 Å². The number of ether oxygens (including phenoxy) is 1. The molecule has 6 heteroatoms. The summed E-state index contributed by atoms with van der Waals surface area (Å²) in [5.41, 5.74) is 6.11. The van der Waals surface area contributed by atoms with Crippen molar-refractivity contribution in [2.45, 2.75) is 6.92 Å². The molecule has 2 N–H and O–H groups in total. The summed E-state index contributed by atoms with van der Waals surface area (Å²) in [4.78, 5) is 16.5. The van der Waals surface area contributed by atoms with Crippen LogP contribution in [0.2, 0.25) is 0 Å². The predicted molar refractivity (Wildman–Crippen MR) is 65.1 cm³/mol. The molecule has 0 atom stereocenters. The molecule has 0 aliphatic heterocycles. The van der Waals surface area contributed by atoms with Crippen LogP contribution in [0, 0.1) is 0 Å². The number of aromatic nitrogens is 1. The first-order valence-electron chi connectivity index (χ1n) is 5.13. The lowest BCUT2D eigenvalue weighted by Crippen LogP contribution is -2.08. The van der Waals surface area contributed by atoms with Crippen molar-refractivity contribution in [1.82, 2.24) is 4.98 Å². The Bertz CT molecular complexity index is 505. The SMILES string of the molecule is CCOCC(=O)c1sc(N)nc1-c1ccco1. The van der Waals surface area contributed by atoms with E-state index >= 15 is 0 Å². The van der Waals surface area contributed by atoms with Crippen molar-refractivity contribution >= 4 is 22.3 Å². The van der Waals surface area contributed by atoms with E-state index in [4.69, 9.17) is 14.9 Å². The summed E-state index contributed by atoms with van der Waals surface area (Å²) >= 11 is 1.15. The van der Waals surface area contributed by atoms with E-state index in [-0.39, 0.29) is 12.4 Å². The second-order valence-corrected chi connectivity index (χ2v) is 4.30. The molecule has 17 heavy (non-hydrogen) atoms. The molecule has 0 unspecified atom stereocenters. The van der Waals surface area contributed by atoms with Gasteiger partial charge in [0.2, 0.25) is 5.78 Å². The average Bonchev–Trinajstić information content (AvgIpc) is 2.93. The van der Waals surface area contributed by atoms with Crippen LogP contribution >= 0.6 is 11.3 Å². The van der Waals surface area contributed by atoms with Gasteiger partial charge in [0.25, 0.3) is 0 Å². The Morgan fingerprint density at radius 2 is 2.47 bits per heavy atom. The lowest BCUT2D eigenvalue weighted by Gasteiger charge is -1.99. The lowest BCUT2D eigenvalue weighted by molar-refractivity contribution is 0.0787. The van der Waals surface area contributed by atoms with Crippen molar-refractivity contribution in [3.05, 3.63) is 23.3 Å². The molecule has 0 fully saturated rings. The van der Waals surface area contributed by atoms with Gasteiger partial charge < -0.3 is 14.9 Å².